The van der Waals surface area contributed by atoms with Crippen molar-refractivity contribution in [2.45, 2.75) is 0 Å². The largest absolute Gasteiger partial charge is 0.332 e. The van der Waals surface area contributed by atoms with Crippen molar-refractivity contribution in [3.63, 3.8) is 0 Å². The molecule has 0 aliphatic heterocycles. The molecular formula is C25H17ClN2S. The van der Waals surface area contributed by atoms with E-state index in [0.29, 0.717) is 0 Å². The summed E-state index contributed by atoms with van der Waals surface area (Å²) in [5, 5.41) is 5.05. The molecule has 0 saturated heterocycles. The third-order valence-corrected chi connectivity index (χ3v) is 6.05. The van der Waals surface area contributed by atoms with Crippen LogP contribution in [0.15, 0.2) is 97.1 Å². The Kier molecular flexibility index (Phi) is 4.76. The second kappa shape index (κ2) is 7.70. The van der Waals surface area contributed by atoms with Gasteiger partial charge in [-0.1, -0.05) is 83.6 Å². The molecule has 2 nitrogen and oxygen atoms in total. The van der Waals surface area contributed by atoms with Gasteiger partial charge in [-0.25, -0.2) is 4.98 Å². The van der Waals surface area contributed by atoms with E-state index in [4.69, 9.17) is 16.6 Å². The second-order valence-corrected chi connectivity index (χ2v) is 8.19. The molecule has 0 radical (unpaired) electrons. The van der Waals surface area contributed by atoms with E-state index in [1.807, 2.05) is 60.7 Å². The van der Waals surface area contributed by atoms with Gasteiger partial charge in [0, 0.05) is 16.3 Å². The maximum atomic E-state index is 6.08. The van der Waals surface area contributed by atoms with Gasteiger partial charge in [0.05, 0.1) is 10.2 Å². The van der Waals surface area contributed by atoms with Gasteiger partial charge in [-0.05, 0) is 53.1 Å². The van der Waals surface area contributed by atoms with E-state index in [2.05, 4.69) is 41.7 Å². The lowest BCUT2D eigenvalue weighted by molar-refractivity contribution is 1.44. The Morgan fingerprint density at radius 1 is 0.690 bits per heavy atom. The van der Waals surface area contributed by atoms with Gasteiger partial charge in [0.1, 0.15) is 0 Å². The van der Waals surface area contributed by atoms with Crippen LogP contribution in [-0.4, -0.2) is 4.98 Å². The molecule has 1 N–H and O–H groups in total. The van der Waals surface area contributed by atoms with E-state index in [-0.39, 0.29) is 0 Å². The molecule has 1 heterocycles. The molecule has 0 fully saturated rings. The monoisotopic (exact) mass is 412 g/mol. The van der Waals surface area contributed by atoms with Crippen LogP contribution >= 0.6 is 22.9 Å². The summed E-state index contributed by atoms with van der Waals surface area (Å²) in [4.78, 5) is 4.88. The van der Waals surface area contributed by atoms with Crippen molar-refractivity contribution in [1.29, 1.82) is 0 Å². The summed E-state index contributed by atoms with van der Waals surface area (Å²) in [5.41, 5.74) is 6.64. The van der Waals surface area contributed by atoms with Crippen molar-refractivity contribution in [2.24, 2.45) is 0 Å². The van der Waals surface area contributed by atoms with Crippen LogP contribution in [0.4, 0.5) is 10.8 Å². The number of nitrogens with zero attached hydrogens (tertiary/aromatic N) is 1. The molecule has 29 heavy (non-hydrogen) atoms. The number of benzene rings is 4. The molecule has 0 unspecified atom stereocenters. The van der Waals surface area contributed by atoms with Gasteiger partial charge < -0.3 is 5.32 Å². The zero-order valence-electron chi connectivity index (χ0n) is 15.5. The molecule has 0 spiro atoms. The summed E-state index contributed by atoms with van der Waals surface area (Å²) in [6.07, 6.45) is 0. The van der Waals surface area contributed by atoms with E-state index >= 15 is 0 Å². The van der Waals surface area contributed by atoms with Crippen molar-refractivity contribution in [1.82, 2.24) is 4.98 Å². The second-order valence-electron chi connectivity index (χ2n) is 6.76. The molecule has 0 amide bonds. The fraction of sp³-hybridized carbons (Fsp3) is 0. The maximum absolute atomic E-state index is 6.08. The predicted octanol–water partition coefficient (Wildman–Crippen LogP) is 8.03. The first-order valence-electron chi connectivity index (χ1n) is 9.34. The third kappa shape index (κ3) is 3.75. The summed E-state index contributed by atoms with van der Waals surface area (Å²) < 4.78 is 1.17. The van der Waals surface area contributed by atoms with Gasteiger partial charge in [0.2, 0.25) is 0 Å². The van der Waals surface area contributed by atoms with Gasteiger partial charge in [0.15, 0.2) is 5.13 Å². The van der Waals surface area contributed by atoms with Crippen LogP contribution < -0.4 is 5.32 Å². The van der Waals surface area contributed by atoms with E-state index in [9.17, 15) is 0 Å². The van der Waals surface area contributed by atoms with Crippen molar-refractivity contribution in [2.75, 3.05) is 5.32 Å². The number of hydrogen-bond donors (Lipinski definition) is 1. The molecule has 5 aromatic rings. The maximum Gasteiger partial charge on any atom is 0.188 e. The highest BCUT2D eigenvalue weighted by molar-refractivity contribution is 7.22. The minimum absolute atomic E-state index is 0.737. The topological polar surface area (TPSA) is 24.9 Å². The number of anilines is 2. The zero-order valence-corrected chi connectivity index (χ0v) is 17.0. The highest BCUT2D eigenvalue weighted by Gasteiger charge is 2.13. The molecule has 0 saturated carbocycles. The summed E-state index contributed by atoms with van der Waals surface area (Å²) in [6.45, 7) is 0. The van der Waals surface area contributed by atoms with Gasteiger partial charge >= 0.3 is 0 Å². The highest BCUT2D eigenvalue weighted by Crippen LogP contribution is 2.39. The van der Waals surface area contributed by atoms with Crippen LogP contribution in [0, 0.1) is 0 Å². The summed E-state index contributed by atoms with van der Waals surface area (Å²) in [6, 6.07) is 32.9. The fourth-order valence-corrected chi connectivity index (χ4v) is 4.50. The Labute approximate surface area is 178 Å². The molecule has 4 heteroatoms. The van der Waals surface area contributed by atoms with Gasteiger partial charge in [-0.2, -0.15) is 0 Å². The molecule has 4 aromatic carbocycles. The molecular weight excluding hydrogens is 396 g/mol. The summed E-state index contributed by atoms with van der Waals surface area (Å²) in [5.74, 6) is 0. The van der Waals surface area contributed by atoms with E-state index in [1.54, 1.807) is 11.3 Å². The molecule has 0 bridgehead atoms. The van der Waals surface area contributed by atoms with Crippen LogP contribution in [-0.2, 0) is 0 Å². The SMILES string of the molecule is Clc1ccc(-c2cc(-c3ccccc3)c3sc(Nc4ccccc4)nc3c2)cc1. The molecule has 5 rings (SSSR count). The van der Waals surface area contributed by atoms with Gasteiger partial charge in [-0.15, -0.1) is 0 Å². The first kappa shape index (κ1) is 17.9. The number of para-hydroxylation sites is 1. The Morgan fingerprint density at radius 2 is 1.38 bits per heavy atom. The van der Waals surface area contributed by atoms with Crippen LogP contribution in [0.5, 0.6) is 0 Å². The minimum atomic E-state index is 0.737. The lowest BCUT2D eigenvalue weighted by atomic mass is 9.98. The van der Waals surface area contributed by atoms with Crippen LogP contribution in [0.25, 0.3) is 32.5 Å². The number of rotatable bonds is 4. The van der Waals surface area contributed by atoms with Gasteiger partial charge in [-0.3, -0.25) is 0 Å². The Hall–Kier alpha value is -3.14. The average molecular weight is 413 g/mol. The molecule has 0 aliphatic carbocycles. The Bertz CT molecular complexity index is 1260. The highest BCUT2D eigenvalue weighted by atomic mass is 35.5. The minimum Gasteiger partial charge on any atom is -0.332 e. The van der Waals surface area contributed by atoms with Crippen LogP contribution in [0.2, 0.25) is 5.02 Å². The van der Waals surface area contributed by atoms with Gasteiger partial charge in [0.25, 0.3) is 0 Å². The first-order chi connectivity index (χ1) is 14.3. The number of aromatic nitrogens is 1. The number of halogens is 1. The molecule has 0 atom stereocenters. The van der Waals surface area contributed by atoms with Crippen molar-refractivity contribution < 1.29 is 0 Å². The number of fused-ring (bicyclic) bond motifs is 1. The molecule has 140 valence electrons. The Balaban J connectivity index is 1.67. The molecule has 1 aromatic heterocycles. The van der Waals surface area contributed by atoms with Crippen molar-refractivity contribution in [3.8, 4) is 22.3 Å². The van der Waals surface area contributed by atoms with Crippen LogP contribution in [0.1, 0.15) is 0 Å². The molecule has 0 aliphatic rings. The van der Waals surface area contributed by atoms with E-state index < -0.39 is 0 Å². The fourth-order valence-electron chi connectivity index (χ4n) is 3.37. The van der Waals surface area contributed by atoms with Crippen LogP contribution in [0.3, 0.4) is 0 Å². The van der Waals surface area contributed by atoms with Crippen molar-refractivity contribution in [3.05, 3.63) is 102 Å². The van der Waals surface area contributed by atoms with E-state index in [1.165, 1.54) is 15.8 Å². The third-order valence-electron chi connectivity index (χ3n) is 4.78. The first-order valence-corrected chi connectivity index (χ1v) is 10.5. The normalized spacial score (nSPS) is 10.9. The Morgan fingerprint density at radius 3 is 2.10 bits per heavy atom. The summed E-state index contributed by atoms with van der Waals surface area (Å²) >= 11 is 7.76. The van der Waals surface area contributed by atoms with E-state index in [0.717, 1.165) is 32.5 Å². The lowest BCUT2D eigenvalue weighted by Crippen LogP contribution is -1.87. The smallest absolute Gasteiger partial charge is 0.188 e. The number of thiazole rings is 1. The van der Waals surface area contributed by atoms with Crippen molar-refractivity contribution >= 4 is 44.0 Å². The number of hydrogen-bond acceptors (Lipinski definition) is 3. The lowest BCUT2D eigenvalue weighted by Gasteiger charge is -2.08. The number of nitrogens with one attached hydrogen (secondary N) is 1. The summed E-state index contributed by atoms with van der Waals surface area (Å²) in [7, 11) is 0. The zero-order chi connectivity index (χ0) is 19.6. The standard InChI is InChI=1S/C25H17ClN2S/c26-20-13-11-17(12-14-20)19-15-22(18-7-3-1-4-8-18)24-23(16-19)28-25(29-24)27-21-9-5-2-6-10-21/h1-16H,(H,27,28). The predicted molar refractivity (Wildman–Crippen MR) is 125 cm³/mol. The average Bonchev–Trinajstić information content (AvgIpc) is 3.17. The quantitative estimate of drug-likeness (QED) is 0.323.